The zero-order valence-corrected chi connectivity index (χ0v) is 16.9. The number of amides is 2. The summed E-state index contributed by atoms with van der Waals surface area (Å²) in [5, 5.41) is 11.8. The van der Waals surface area contributed by atoms with Crippen LogP contribution in [0.5, 0.6) is 0 Å². The molecule has 0 aromatic heterocycles. The monoisotopic (exact) mass is 376 g/mol. The number of anilines is 1. The minimum atomic E-state index is -1.49. The van der Waals surface area contributed by atoms with Crippen LogP contribution in [0.1, 0.15) is 32.3 Å². The van der Waals surface area contributed by atoms with Crippen molar-refractivity contribution in [2.24, 2.45) is 0 Å². The number of nitrogens with one attached hydrogen (secondary N) is 1. The van der Waals surface area contributed by atoms with E-state index >= 15 is 0 Å². The van der Waals surface area contributed by atoms with Crippen LogP contribution in [-0.2, 0) is 9.59 Å². The van der Waals surface area contributed by atoms with Crippen molar-refractivity contribution in [2.45, 2.75) is 39.2 Å². The van der Waals surface area contributed by atoms with E-state index in [-0.39, 0.29) is 25.3 Å². The predicted octanol–water partition coefficient (Wildman–Crippen LogP) is 1.16. The van der Waals surface area contributed by atoms with Crippen molar-refractivity contribution < 1.29 is 14.7 Å². The maximum Gasteiger partial charge on any atom is 0.270 e. The van der Waals surface area contributed by atoms with Crippen LogP contribution in [0, 0.1) is 6.92 Å². The molecule has 7 nitrogen and oxygen atoms in total. The molecule has 0 radical (unpaired) electrons. The molecule has 2 rings (SSSR count). The van der Waals surface area contributed by atoms with Crippen molar-refractivity contribution in [3.8, 4) is 0 Å². The lowest BCUT2D eigenvalue weighted by Crippen LogP contribution is -2.57. The molecule has 0 spiro atoms. The lowest BCUT2D eigenvalue weighted by molar-refractivity contribution is -0.142. The Morgan fingerprint density at radius 2 is 1.67 bits per heavy atom. The van der Waals surface area contributed by atoms with Crippen LogP contribution in [0.25, 0.3) is 0 Å². The van der Waals surface area contributed by atoms with Gasteiger partial charge in [0.1, 0.15) is 5.60 Å². The maximum absolute atomic E-state index is 13.0. The first-order chi connectivity index (χ1) is 12.8. The van der Waals surface area contributed by atoms with Gasteiger partial charge in [0.05, 0.1) is 12.2 Å². The van der Waals surface area contributed by atoms with Crippen molar-refractivity contribution in [3.05, 3.63) is 29.8 Å². The fourth-order valence-electron chi connectivity index (χ4n) is 3.01. The highest BCUT2D eigenvalue weighted by Crippen LogP contribution is 2.18. The summed E-state index contributed by atoms with van der Waals surface area (Å²) in [7, 11) is 2.06. The Kier molecular flexibility index (Phi) is 7.35. The summed E-state index contributed by atoms with van der Waals surface area (Å²) in [6, 6.07) is 7.38. The Morgan fingerprint density at radius 1 is 1.11 bits per heavy atom. The topological polar surface area (TPSA) is 76.1 Å². The second-order valence-corrected chi connectivity index (χ2v) is 7.32. The predicted molar refractivity (Wildman–Crippen MR) is 106 cm³/mol. The standard InChI is InChI=1S/C20H32N4O3/c1-5-20(27,6-2)19(26)21-24(17-9-7-16(3)8-10-17)18(25)15-23-13-11-22(4)12-14-23/h7-10,27H,5-6,11-15H2,1-4H3,(H,21,26). The van der Waals surface area contributed by atoms with Gasteiger partial charge in [-0.05, 0) is 38.9 Å². The SMILES string of the molecule is CCC(O)(CC)C(=O)NN(C(=O)CN1CCN(C)CC1)c1ccc(C)cc1. The Labute approximate surface area is 161 Å². The van der Waals surface area contributed by atoms with Crippen molar-refractivity contribution in [2.75, 3.05) is 44.8 Å². The molecule has 1 saturated heterocycles. The van der Waals surface area contributed by atoms with Crippen LogP contribution in [0.3, 0.4) is 0 Å². The molecule has 7 heteroatoms. The number of hydrogen-bond donors (Lipinski definition) is 2. The second-order valence-electron chi connectivity index (χ2n) is 7.32. The Bertz CT molecular complexity index is 635. The number of piperazine rings is 1. The molecule has 2 amide bonds. The number of nitrogens with zero attached hydrogens (tertiary/aromatic N) is 3. The van der Waals surface area contributed by atoms with Crippen LogP contribution in [-0.4, -0.2) is 72.1 Å². The van der Waals surface area contributed by atoms with Crippen LogP contribution >= 0.6 is 0 Å². The summed E-state index contributed by atoms with van der Waals surface area (Å²) in [5.41, 5.74) is 2.81. The van der Waals surface area contributed by atoms with Gasteiger partial charge in [0, 0.05) is 26.2 Å². The lowest BCUT2D eigenvalue weighted by Gasteiger charge is -2.34. The van der Waals surface area contributed by atoms with Gasteiger partial charge in [-0.2, -0.15) is 0 Å². The first-order valence-electron chi connectivity index (χ1n) is 9.63. The summed E-state index contributed by atoms with van der Waals surface area (Å²) < 4.78 is 0. The molecule has 1 aliphatic heterocycles. The maximum atomic E-state index is 13.0. The van der Waals surface area contributed by atoms with Crippen LogP contribution in [0.15, 0.2) is 24.3 Å². The normalized spacial score (nSPS) is 16.2. The minimum absolute atomic E-state index is 0.216. The van der Waals surface area contributed by atoms with Gasteiger partial charge in [0.15, 0.2) is 0 Å². The van der Waals surface area contributed by atoms with Gasteiger partial charge in [-0.3, -0.25) is 19.9 Å². The zero-order valence-electron chi connectivity index (χ0n) is 16.9. The Morgan fingerprint density at radius 3 is 2.19 bits per heavy atom. The number of rotatable bonds is 6. The van der Waals surface area contributed by atoms with Crippen molar-refractivity contribution in [1.29, 1.82) is 0 Å². The van der Waals surface area contributed by atoms with E-state index in [0.717, 1.165) is 31.7 Å². The molecule has 0 aliphatic carbocycles. The highest BCUT2D eigenvalue weighted by Gasteiger charge is 2.34. The van der Waals surface area contributed by atoms with Gasteiger partial charge in [-0.15, -0.1) is 0 Å². The number of hydrazine groups is 1. The fourth-order valence-corrected chi connectivity index (χ4v) is 3.01. The van der Waals surface area contributed by atoms with E-state index < -0.39 is 11.5 Å². The molecule has 0 atom stereocenters. The molecule has 2 N–H and O–H groups in total. The molecule has 0 saturated carbocycles. The molecule has 27 heavy (non-hydrogen) atoms. The molecule has 1 aromatic carbocycles. The smallest absolute Gasteiger partial charge is 0.270 e. The molecular formula is C20H32N4O3. The summed E-state index contributed by atoms with van der Waals surface area (Å²) in [6.07, 6.45) is 0.563. The first-order valence-corrected chi connectivity index (χ1v) is 9.63. The van der Waals surface area contributed by atoms with Gasteiger partial charge in [0.25, 0.3) is 11.8 Å². The number of aliphatic hydroxyl groups is 1. The van der Waals surface area contributed by atoms with Crippen molar-refractivity contribution >= 4 is 17.5 Å². The number of carbonyl (C=O) groups excluding carboxylic acids is 2. The van der Waals surface area contributed by atoms with E-state index in [2.05, 4.69) is 22.3 Å². The zero-order chi connectivity index (χ0) is 20.0. The van der Waals surface area contributed by atoms with Crippen LogP contribution in [0.2, 0.25) is 0 Å². The van der Waals surface area contributed by atoms with E-state index in [9.17, 15) is 14.7 Å². The number of aryl methyl sites for hydroxylation is 1. The summed E-state index contributed by atoms with van der Waals surface area (Å²) in [6.45, 7) is 9.14. The molecule has 0 bridgehead atoms. The quantitative estimate of drug-likeness (QED) is 0.729. The first kappa shape index (κ1) is 21.3. The molecule has 1 aromatic rings. The molecular weight excluding hydrogens is 344 g/mol. The van der Waals surface area contributed by atoms with Crippen molar-refractivity contribution in [1.82, 2.24) is 15.2 Å². The average molecular weight is 377 g/mol. The van der Waals surface area contributed by atoms with E-state index in [4.69, 9.17) is 0 Å². The second kappa shape index (κ2) is 9.30. The van der Waals surface area contributed by atoms with E-state index in [1.165, 1.54) is 5.01 Å². The fraction of sp³-hybridized carbons (Fsp3) is 0.600. The summed E-state index contributed by atoms with van der Waals surface area (Å²) in [5.74, 6) is -0.772. The van der Waals surface area contributed by atoms with E-state index in [1.54, 1.807) is 26.0 Å². The highest BCUT2D eigenvalue weighted by atomic mass is 16.3. The van der Waals surface area contributed by atoms with Gasteiger partial charge in [-0.1, -0.05) is 31.5 Å². The average Bonchev–Trinajstić information content (AvgIpc) is 2.67. The third-order valence-corrected chi connectivity index (χ3v) is 5.30. The van der Waals surface area contributed by atoms with Gasteiger partial charge in [0.2, 0.25) is 0 Å². The third-order valence-electron chi connectivity index (χ3n) is 5.30. The number of benzene rings is 1. The van der Waals surface area contributed by atoms with Gasteiger partial charge in [-0.25, -0.2) is 5.01 Å². The van der Waals surface area contributed by atoms with Crippen LogP contribution < -0.4 is 10.4 Å². The highest BCUT2D eigenvalue weighted by molar-refractivity contribution is 5.99. The van der Waals surface area contributed by atoms with Crippen LogP contribution in [0.4, 0.5) is 5.69 Å². The Balaban J connectivity index is 2.17. The van der Waals surface area contributed by atoms with E-state index in [1.807, 2.05) is 19.1 Å². The number of carbonyl (C=O) groups is 2. The largest absolute Gasteiger partial charge is 0.380 e. The molecule has 1 heterocycles. The van der Waals surface area contributed by atoms with E-state index in [0.29, 0.717) is 5.69 Å². The number of likely N-dealkylation sites (N-methyl/N-ethyl adjacent to an activating group) is 1. The molecule has 0 unspecified atom stereocenters. The van der Waals surface area contributed by atoms with Gasteiger partial charge >= 0.3 is 0 Å². The van der Waals surface area contributed by atoms with Crippen molar-refractivity contribution in [3.63, 3.8) is 0 Å². The third kappa shape index (κ3) is 5.51. The number of hydrogen-bond acceptors (Lipinski definition) is 5. The minimum Gasteiger partial charge on any atom is -0.380 e. The Hall–Kier alpha value is -1.96. The molecule has 1 aliphatic rings. The summed E-state index contributed by atoms with van der Waals surface area (Å²) >= 11 is 0. The molecule has 150 valence electrons. The summed E-state index contributed by atoms with van der Waals surface area (Å²) in [4.78, 5) is 29.9. The molecule has 1 fully saturated rings. The lowest BCUT2D eigenvalue weighted by atomic mass is 9.97. The van der Waals surface area contributed by atoms with Gasteiger partial charge < -0.3 is 10.0 Å².